The van der Waals surface area contributed by atoms with Crippen LogP contribution in [0, 0.1) is 0 Å². The van der Waals surface area contributed by atoms with Crippen LogP contribution in [0.2, 0.25) is 0 Å². The minimum absolute atomic E-state index is 0.0449. The SMILES string of the molecule is O=C(CCN1CCCC1=O)NC(c1ccccc1)c1ccc(Br)cc1. The van der Waals surface area contributed by atoms with Gasteiger partial charge in [0.25, 0.3) is 0 Å². The molecule has 0 bridgehead atoms. The second kappa shape index (κ2) is 8.30. The molecule has 1 atom stereocenters. The van der Waals surface area contributed by atoms with Gasteiger partial charge >= 0.3 is 0 Å². The zero-order valence-corrected chi connectivity index (χ0v) is 15.5. The second-order valence-corrected chi connectivity index (χ2v) is 7.11. The summed E-state index contributed by atoms with van der Waals surface area (Å²) in [6, 6.07) is 17.7. The summed E-state index contributed by atoms with van der Waals surface area (Å²) in [6.45, 7) is 1.26. The lowest BCUT2D eigenvalue weighted by atomic mass is 9.98. The maximum atomic E-state index is 12.5. The van der Waals surface area contributed by atoms with Crippen molar-refractivity contribution < 1.29 is 9.59 Å². The van der Waals surface area contributed by atoms with Crippen molar-refractivity contribution in [3.05, 3.63) is 70.2 Å². The number of hydrogen-bond donors (Lipinski definition) is 1. The second-order valence-electron chi connectivity index (χ2n) is 6.20. The summed E-state index contributed by atoms with van der Waals surface area (Å²) >= 11 is 3.45. The van der Waals surface area contributed by atoms with Crippen LogP contribution in [-0.4, -0.2) is 29.8 Å². The van der Waals surface area contributed by atoms with Gasteiger partial charge in [-0.05, 0) is 29.7 Å². The topological polar surface area (TPSA) is 49.4 Å². The molecule has 0 aromatic heterocycles. The van der Waals surface area contributed by atoms with E-state index in [1.165, 1.54) is 0 Å². The zero-order chi connectivity index (χ0) is 17.6. The van der Waals surface area contributed by atoms with E-state index in [1.807, 2.05) is 54.6 Å². The van der Waals surface area contributed by atoms with Crippen molar-refractivity contribution in [3.8, 4) is 0 Å². The van der Waals surface area contributed by atoms with E-state index in [-0.39, 0.29) is 17.9 Å². The minimum Gasteiger partial charge on any atom is -0.345 e. The Labute approximate surface area is 156 Å². The first kappa shape index (κ1) is 17.7. The van der Waals surface area contributed by atoms with Crippen LogP contribution in [0.3, 0.4) is 0 Å². The van der Waals surface area contributed by atoms with Crippen LogP contribution in [0.4, 0.5) is 0 Å². The van der Waals surface area contributed by atoms with Gasteiger partial charge < -0.3 is 10.2 Å². The molecule has 1 unspecified atom stereocenters. The molecule has 0 spiro atoms. The number of carbonyl (C=O) groups is 2. The first-order valence-corrected chi connectivity index (χ1v) is 9.30. The molecule has 130 valence electrons. The van der Waals surface area contributed by atoms with Crippen LogP contribution in [0.5, 0.6) is 0 Å². The highest BCUT2D eigenvalue weighted by molar-refractivity contribution is 9.10. The van der Waals surface area contributed by atoms with E-state index in [4.69, 9.17) is 0 Å². The smallest absolute Gasteiger partial charge is 0.222 e. The molecule has 1 fully saturated rings. The number of nitrogens with zero attached hydrogens (tertiary/aromatic N) is 1. The van der Waals surface area contributed by atoms with Gasteiger partial charge in [0, 0.05) is 30.4 Å². The molecule has 1 aliphatic rings. The van der Waals surface area contributed by atoms with Crippen molar-refractivity contribution in [1.29, 1.82) is 0 Å². The largest absolute Gasteiger partial charge is 0.345 e. The molecule has 1 heterocycles. The number of carbonyl (C=O) groups excluding carboxylic acids is 2. The van der Waals surface area contributed by atoms with Gasteiger partial charge in [0.05, 0.1) is 6.04 Å². The number of nitrogens with one attached hydrogen (secondary N) is 1. The number of benzene rings is 2. The molecule has 0 radical (unpaired) electrons. The van der Waals surface area contributed by atoms with Gasteiger partial charge in [0.1, 0.15) is 0 Å². The fourth-order valence-corrected chi connectivity index (χ4v) is 3.33. The molecule has 0 aliphatic carbocycles. The normalized spacial score (nSPS) is 15.2. The molecule has 25 heavy (non-hydrogen) atoms. The highest BCUT2D eigenvalue weighted by Crippen LogP contribution is 2.24. The van der Waals surface area contributed by atoms with Gasteiger partial charge in [-0.2, -0.15) is 0 Å². The molecule has 1 aliphatic heterocycles. The number of hydrogen-bond acceptors (Lipinski definition) is 2. The van der Waals surface area contributed by atoms with E-state index >= 15 is 0 Å². The molecule has 0 saturated carbocycles. The van der Waals surface area contributed by atoms with Crippen molar-refractivity contribution in [1.82, 2.24) is 10.2 Å². The van der Waals surface area contributed by atoms with E-state index in [0.717, 1.165) is 28.6 Å². The molecular weight excluding hydrogens is 380 g/mol. The molecule has 4 nitrogen and oxygen atoms in total. The van der Waals surface area contributed by atoms with E-state index < -0.39 is 0 Å². The fourth-order valence-electron chi connectivity index (χ4n) is 3.07. The van der Waals surface area contributed by atoms with Gasteiger partial charge in [0.2, 0.25) is 11.8 Å². The summed E-state index contributed by atoms with van der Waals surface area (Å²) < 4.78 is 1.00. The standard InChI is InChI=1S/C20H21BrN2O2/c21-17-10-8-16(9-11-17)20(15-5-2-1-3-6-15)22-18(24)12-14-23-13-4-7-19(23)25/h1-3,5-6,8-11,20H,4,7,12-14H2,(H,22,24). The fraction of sp³-hybridized carbons (Fsp3) is 0.300. The minimum atomic E-state index is -0.198. The predicted octanol–water partition coefficient (Wildman–Crippen LogP) is 3.67. The number of halogens is 1. The number of likely N-dealkylation sites (tertiary alicyclic amines) is 1. The van der Waals surface area contributed by atoms with Crippen molar-refractivity contribution in [3.63, 3.8) is 0 Å². The van der Waals surface area contributed by atoms with Crippen LogP contribution >= 0.6 is 15.9 Å². The zero-order valence-electron chi connectivity index (χ0n) is 14.0. The van der Waals surface area contributed by atoms with E-state index in [2.05, 4.69) is 21.2 Å². The lowest BCUT2D eigenvalue weighted by Gasteiger charge is -2.21. The average Bonchev–Trinajstić information content (AvgIpc) is 3.04. The first-order chi connectivity index (χ1) is 12.1. The molecule has 2 aromatic rings. The van der Waals surface area contributed by atoms with Crippen LogP contribution < -0.4 is 5.32 Å². The highest BCUT2D eigenvalue weighted by atomic mass is 79.9. The Morgan fingerprint density at radius 1 is 1.08 bits per heavy atom. The Hall–Kier alpha value is -2.14. The third-order valence-corrected chi connectivity index (χ3v) is 4.95. The lowest BCUT2D eigenvalue weighted by molar-refractivity contribution is -0.128. The quantitative estimate of drug-likeness (QED) is 0.803. The molecular formula is C20H21BrN2O2. The molecule has 1 saturated heterocycles. The summed E-state index contributed by atoms with van der Waals surface area (Å²) in [4.78, 5) is 25.9. The van der Waals surface area contributed by atoms with E-state index in [9.17, 15) is 9.59 Å². The molecule has 5 heteroatoms. The third-order valence-electron chi connectivity index (χ3n) is 4.42. The molecule has 2 amide bonds. The summed E-state index contributed by atoms with van der Waals surface area (Å²) in [6.07, 6.45) is 1.82. The monoisotopic (exact) mass is 400 g/mol. The van der Waals surface area contributed by atoms with Crippen LogP contribution in [0.15, 0.2) is 59.1 Å². The van der Waals surface area contributed by atoms with Crippen molar-refractivity contribution in [2.45, 2.75) is 25.3 Å². The van der Waals surface area contributed by atoms with Gasteiger partial charge in [-0.3, -0.25) is 9.59 Å². The Bertz CT molecular complexity index is 731. The third kappa shape index (κ3) is 4.69. The van der Waals surface area contributed by atoms with Crippen molar-refractivity contribution in [2.24, 2.45) is 0 Å². The maximum absolute atomic E-state index is 12.5. The summed E-state index contributed by atoms with van der Waals surface area (Å²) in [5.74, 6) is 0.108. The first-order valence-electron chi connectivity index (χ1n) is 8.51. The molecule has 3 rings (SSSR count). The average molecular weight is 401 g/mol. The predicted molar refractivity (Wildman–Crippen MR) is 101 cm³/mol. The van der Waals surface area contributed by atoms with Gasteiger partial charge in [-0.25, -0.2) is 0 Å². The Kier molecular flexibility index (Phi) is 5.87. The van der Waals surface area contributed by atoms with Gasteiger partial charge in [-0.1, -0.05) is 58.4 Å². The summed E-state index contributed by atoms with van der Waals surface area (Å²) in [5, 5.41) is 3.12. The number of amides is 2. The Morgan fingerprint density at radius 3 is 2.40 bits per heavy atom. The van der Waals surface area contributed by atoms with Crippen LogP contribution in [-0.2, 0) is 9.59 Å². The highest BCUT2D eigenvalue weighted by Gasteiger charge is 2.22. The van der Waals surface area contributed by atoms with E-state index in [0.29, 0.717) is 19.4 Å². The van der Waals surface area contributed by atoms with Crippen LogP contribution in [0.1, 0.15) is 36.4 Å². The summed E-state index contributed by atoms with van der Waals surface area (Å²) in [5.41, 5.74) is 2.07. The summed E-state index contributed by atoms with van der Waals surface area (Å²) in [7, 11) is 0. The number of rotatable bonds is 6. The van der Waals surface area contributed by atoms with Crippen molar-refractivity contribution in [2.75, 3.05) is 13.1 Å². The van der Waals surface area contributed by atoms with Crippen LogP contribution in [0.25, 0.3) is 0 Å². The lowest BCUT2D eigenvalue weighted by Crippen LogP contribution is -2.34. The maximum Gasteiger partial charge on any atom is 0.222 e. The Morgan fingerprint density at radius 2 is 1.76 bits per heavy atom. The van der Waals surface area contributed by atoms with Gasteiger partial charge in [-0.15, -0.1) is 0 Å². The molecule has 2 aromatic carbocycles. The van der Waals surface area contributed by atoms with E-state index in [1.54, 1.807) is 4.90 Å². The Balaban J connectivity index is 1.70. The molecule has 1 N–H and O–H groups in total. The van der Waals surface area contributed by atoms with Gasteiger partial charge in [0.15, 0.2) is 0 Å². The van der Waals surface area contributed by atoms with Crippen molar-refractivity contribution >= 4 is 27.7 Å².